The van der Waals surface area contributed by atoms with Gasteiger partial charge >= 0.3 is 0 Å². The number of primary amides is 1. The Morgan fingerprint density at radius 3 is 2.64 bits per heavy atom. The third-order valence-electron chi connectivity index (χ3n) is 5.98. The Balaban J connectivity index is 1.39. The first kappa shape index (κ1) is 17.0. The highest BCUT2D eigenvalue weighted by Gasteiger charge is 2.32. The van der Waals surface area contributed by atoms with E-state index in [0.29, 0.717) is 5.92 Å². The summed E-state index contributed by atoms with van der Waals surface area (Å²) in [6.45, 7) is 1.66. The van der Waals surface area contributed by atoms with E-state index in [9.17, 15) is 4.79 Å². The lowest BCUT2D eigenvalue weighted by Gasteiger charge is -2.36. The molecule has 0 saturated carbocycles. The molecule has 4 aromatic rings. The van der Waals surface area contributed by atoms with Gasteiger partial charge in [0.25, 0.3) is 0 Å². The van der Waals surface area contributed by atoms with Crippen molar-refractivity contribution in [3.05, 3.63) is 66.1 Å². The zero-order valence-corrected chi connectivity index (χ0v) is 15.6. The number of rotatable bonds is 4. The lowest BCUT2D eigenvalue weighted by Crippen LogP contribution is -2.42. The van der Waals surface area contributed by atoms with Crippen LogP contribution in [-0.2, 0) is 4.79 Å². The summed E-state index contributed by atoms with van der Waals surface area (Å²) in [6.07, 6.45) is 7.82. The second-order valence-corrected chi connectivity index (χ2v) is 7.55. The van der Waals surface area contributed by atoms with Crippen LogP contribution in [0, 0.1) is 0 Å². The van der Waals surface area contributed by atoms with Crippen LogP contribution in [-0.4, -0.2) is 38.8 Å². The Hall–Kier alpha value is -3.12. The van der Waals surface area contributed by atoms with Crippen molar-refractivity contribution >= 4 is 27.8 Å². The largest absolute Gasteiger partial charge is 0.368 e. The van der Waals surface area contributed by atoms with Gasteiger partial charge in [0.2, 0.25) is 5.91 Å². The minimum atomic E-state index is -0.404. The summed E-state index contributed by atoms with van der Waals surface area (Å²) in [5.74, 6) is 0.147. The molecule has 0 radical (unpaired) electrons. The number of aromatic amines is 2. The number of carbonyl (C=O) groups is 1. The van der Waals surface area contributed by atoms with Gasteiger partial charge in [-0.15, -0.1) is 0 Å². The highest BCUT2D eigenvalue weighted by molar-refractivity contribution is 5.91. The Labute approximate surface area is 162 Å². The van der Waals surface area contributed by atoms with E-state index in [4.69, 9.17) is 5.73 Å². The molecule has 0 spiro atoms. The Morgan fingerprint density at radius 1 is 1.07 bits per heavy atom. The lowest BCUT2D eigenvalue weighted by molar-refractivity contribution is -0.123. The monoisotopic (exact) mass is 373 g/mol. The van der Waals surface area contributed by atoms with Crippen molar-refractivity contribution in [3.63, 3.8) is 0 Å². The fraction of sp³-hybridized carbons (Fsp3) is 0.273. The number of hydrogen-bond donors (Lipinski definition) is 3. The molecule has 1 aliphatic heterocycles. The smallest absolute Gasteiger partial charge is 0.239 e. The summed E-state index contributed by atoms with van der Waals surface area (Å²) in [5.41, 5.74) is 11.3. The molecule has 4 N–H and O–H groups in total. The topological polar surface area (TPSA) is 90.8 Å². The Kier molecular flexibility index (Phi) is 4.13. The number of pyridine rings is 1. The van der Waals surface area contributed by atoms with Crippen molar-refractivity contribution in [2.45, 2.75) is 24.8 Å². The van der Waals surface area contributed by atoms with Crippen LogP contribution in [0.25, 0.3) is 21.9 Å². The molecule has 142 valence electrons. The number of aromatic nitrogens is 3. The number of piperidine rings is 1. The third-order valence-corrected chi connectivity index (χ3v) is 5.98. The highest BCUT2D eigenvalue weighted by atomic mass is 16.1. The number of nitrogens with zero attached hydrogens (tertiary/aromatic N) is 2. The number of nitrogens with two attached hydrogens (primary N) is 1. The summed E-state index contributed by atoms with van der Waals surface area (Å²) < 4.78 is 0. The van der Waals surface area contributed by atoms with E-state index < -0.39 is 6.04 Å². The van der Waals surface area contributed by atoms with E-state index in [1.165, 1.54) is 5.56 Å². The van der Waals surface area contributed by atoms with Gasteiger partial charge in [0.05, 0.1) is 11.0 Å². The van der Waals surface area contributed by atoms with Gasteiger partial charge in [-0.3, -0.25) is 14.7 Å². The SMILES string of the molecule is NC(=O)[C@H](c1c[nH]c2ccccc12)N1CCC(c2c[nH]c3cccnc23)CC1. The van der Waals surface area contributed by atoms with Crippen molar-refractivity contribution in [1.29, 1.82) is 0 Å². The summed E-state index contributed by atoms with van der Waals surface area (Å²) in [7, 11) is 0. The van der Waals surface area contributed by atoms with Crippen LogP contribution < -0.4 is 5.73 Å². The summed E-state index contributed by atoms with van der Waals surface area (Å²) >= 11 is 0. The molecule has 6 heteroatoms. The molecule has 1 saturated heterocycles. The number of hydrogen-bond acceptors (Lipinski definition) is 3. The maximum Gasteiger partial charge on any atom is 0.239 e. The van der Waals surface area contributed by atoms with Gasteiger partial charge in [-0.05, 0) is 55.6 Å². The van der Waals surface area contributed by atoms with E-state index in [2.05, 4.69) is 32.1 Å². The van der Waals surface area contributed by atoms with Gasteiger partial charge in [-0.2, -0.15) is 0 Å². The molecule has 4 heterocycles. The molecular formula is C22H23N5O. The predicted molar refractivity (Wildman–Crippen MR) is 110 cm³/mol. The maximum absolute atomic E-state index is 12.4. The predicted octanol–water partition coefficient (Wildman–Crippen LogP) is 3.45. The average Bonchev–Trinajstić information content (AvgIpc) is 3.33. The second kappa shape index (κ2) is 6.80. The van der Waals surface area contributed by atoms with Crippen LogP contribution in [0.1, 0.15) is 35.9 Å². The highest BCUT2D eigenvalue weighted by Crippen LogP contribution is 2.36. The first-order valence-electron chi connectivity index (χ1n) is 9.74. The molecule has 1 aliphatic rings. The van der Waals surface area contributed by atoms with Crippen molar-refractivity contribution in [1.82, 2.24) is 19.9 Å². The molecular weight excluding hydrogens is 350 g/mol. The van der Waals surface area contributed by atoms with Crippen LogP contribution >= 0.6 is 0 Å². The standard InChI is InChI=1S/C22H23N5O/c23-22(28)21(17-13-25-18-5-2-1-4-15(17)18)27-10-7-14(8-11-27)16-12-26-19-6-3-9-24-20(16)19/h1-6,9,12-14,21,25-26H,7-8,10-11H2,(H2,23,28)/t21-/m0/s1. The zero-order chi connectivity index (χ0) is 19.1. The first-order valence-corrected chi connectivity index (χ1v) is 9.74. The molecule has 0 aliphatic carbocycles. The van der Waals surface area contributed by atoms with Crippen LogP contribution in [0.3, 0.4) is 0 Å². The van der Waals surface area contributed by atoms with Crippen LogP contribution in [0.2, 0.25) is 0 Å². The summed E-state index contributed by atoms with van der Waals surface area (Å²) in [6, 6.07) is 11.6. The van der Waals surface area contributed by atoms with Crippen molar-refractivity contribution in [2.75, 3.05) is 13.1 Å². The molecule has 6 nitrogen and oxygen atoms in total. The summed E-state index contributed by atoms with van der Waals surface area (Å²) in [5, 5.41) is 1.06. The molecule has 1 aromatic carbocycles. The fourth-order valence-corrected chi connectivity index (χ4v) is 4.61. The molecule has 1 atom stereocenters. The normalized spacial score (nSPS) is 17.3. The van der Waals surface area contributed by atoms with Gasteiger partial charge in [-0.25, -0.2) is 0 Å². The number of nitrogens with one attached hydrogen (secondary N) is 2. The minimum absolute atomic E-state index is 0.294. The maximum atomic E-state index is 12.4. The number of amides is 1. The molecule has 0 bridgehead atoms. The first-order chi connectivity index (χ1) is 13.7. The molecule has 1 amide bonds. The van der Waals surface area contributed by atoms with E-state index in [-0.39, 0.29) is 5.91 Å². The minimum Gasteiger partial charge on any atom is -0.368 e. The van der Waals surface area contributed by atoms with Crippen LogP contribution in [0.15, 0.2) is 55.0 Å². The van der Waals surface area contributed by atoms with Gasteiger partial charge in [0, 0.05) is 35.1 Å². The van der Waals surface area contributed by atoms with Crippen LogP contribution in [0.5, 0.6) is 0 Å². The number of carbonyl (C=O) groups excluding carboxylic acids is 1. The molecule has 0 unspecified atom stereocenters. The van der Waals surface area contributed by atoms with E-state index in [1.54, 1.807) is 0 Å². The van der Waals surface area contributed by atoms with Crippen molar-refractivity contribution in [2.24, 2.45) is 5.73 Å². The molecule has 3 aromatic heterocycles. The third kappa shape index (κ3) is 2.77. The molecule has 1 fully saturated rings. The summed E-state index contributed by atoms with van der Waals surface area (Å²) in [4.78, 5) is 25.7. The van der Waals surface area contributed by atoms with Crippen molar-refractivity contribution in [3.8, 4) is 0 Å². The van der Waals surface area contributed by atoms with Crippen molar-refractivity contribution < 1.29 is 4.79 Å². The zero-order valence-electron chi connectivity index (χ0n) is 15.6. The number of likely N-dealkylation sites (tertiary alicyclic amines) is 1. The number of benzene rings is 1. The van der Waals surface area contributed by atoms with Gasteiger partial charge in [-0.1, -0.05) is 18.2 Å². The van der Waals surface area contributed by atoms with Crippen LogP contribution in [0.4, 0.5) is 0 Å². The quantitative estimate of drug-likeness (QED) is 0.512. The number of H-pyrrole nitrogens is 2. The van der Waals surface area contributed by atoms with E-state index in [0.717, 1.165) is 53.4 Å². The average molecular weight is 373 g/mol. The van der Waals surface area contributed by atoms with Gasteiger partial charge in [0.15, 0.2) is 0 Å². The second-order valence-electron chi connectivity index (χ2n) is 7.55. The Morgan fingerprint density at radius 2 is 1.82 bits per heavy atom. The van der Waals surface area contributed by atoms with E-state index in [1.807, 2.05) is 42.7 Å². The van der Waals surface area contributed by atoms with E-state index >= 15 is 0 Å². The van der Waals surface area contributed by atoms with Gasteiger partial charge < -0.3 is 15.7 Å². The number of fused-ring (bicyclic) bond motifs is 2. The lowest BCUT2D eigenvalue weighted by atomic mass is 9.89. The number of para-hydroxylation sites is 1. The molecule has 28 heavy (non-hydrogen) atoms. The molecule has 5 rings (SSSR count). The Bertz CT molecular complexity index is 1140. The fourth-order valence-electron chi connectivity index (χ4n) is 4.61. The van der Waals surface area contributed by atoms with Gasteiger partial charge in [0.1, 0.15) is 6.04 Å².